The summed E-state index contributed by atoms with van der Waals surface area (Å²) >= 11 is 0. The molecule has 0 aromatic heterocycles. The molecular weight excluding hydrogens is 248 g/mol. The minimum atomic E-state index is -0.803. The van der Waals surface area contributed by atoms with Crippen LogP contribution >= 0.6 is 0 Å². The smallest absolute Gasteiger partial charge is 0.407 e. The molecule has 0 aromatic rings. The van der Waals surface area contributed by atoms with Gasteiger partial charge in [0.15, 0.2) is 0 Å². The molecule has 0 radical (unpaired) electrons. The Labute approximate surface area is 113 Å². The molecule has 3 aliphatic rings. The monoisotopic (exact) mass is 270 g/mol. The third kappa shape index (κ3) is 2.85. The lowest BCUT2D eigenvalue weighted by Crippen LogP contribution is -2.66. The number of carbonyl (C=O) groups is 1. The lowest BCUT2D eigenvalue weighted by atomic mass is 9.95. The summed E-state index contributed by atoms with van der Waals surface area (Å²) < 4.78 is 11.0. The summed E-state index contributed by atoms with van der Waals surface area (Å²) in [5, 5.41) is 9.15. The summed E-state index contributed by atoms with van der Waals surface area (Å²) in [6.07, 6.45) is 1.45. The van der Waals surface area contributed by atoms with Gasteiger partial charge < -0.3 is 19.5 Å². The first kappa shape index (κ1) is 13.1. The maximum Gasteiger partial charge on any atom is 0.407 e. The molecule has 108 valence electrons. The highest BCUT2D eigenvalue weighted by Crippen LogP contribution is 2.25. The number of piperazine rings is 1. The fourth-order valence-electron chi connectivity index (χ4n) is 3.41. The maximum atomic E-state index is 11.1. The normalized spacial score (nSPS) is 33.4. The Morgan fingerprint density at radius 1 is 1.11 bits per heavy atom. The Kier molecular flexibility index (Phi) is 3.91. The maximum absolute atomic E-state index is 11.1. The van der Waals surface area contributed by atoms with Gasteiger partial charge in [0.05, 0.1) is 25.3 Å². The van der Waals surface area contributed by atoms with E-state index in [1.807, 2.05) is 0 Å². The molecule has 2 atom stereocenters. The Bertz CT molecular complexity index is 319. The van der Waals surface area contributed by atoms with Crippen molar-refractivity contribution in [1.82, 2.24) is 9.80 Å². The molecule has 0 spiro atoms. The predicted molar refractivity (Wildman–Crippen MR) is 68.2 cm³/mol. The summed E-state index contributed by atoms with van der Waals surface area (Å²) in [5.74, 6) is 0.688. The second kappa shape index (κ2) is 5.64. The van der Waals surface area contributed by atoms with Crippen molar-refractivity contribution in [3.63, 3.8) is 0 Å². The van der Waals surface area contributed by atoms with Crippen LogP contribution in [0.25, 0.3) is 0 Å². The summed E-state index contributed by atoms with van der Waals surface area (Å²) in [6.45, 7) is 5.27. The zero-order chi connectivity index (χ0) is 13.2. The summed E-state index contributed by atoms with van der Waals surface area (Å²) in [7, 11) is 0. The zero-order valence-electron chi connectivity index (χ0n) is 11.2. The van der Waals surface area contributed by atoms with Crippen LogP contribution in [0.4, 0.5) is 4.79 Å². The van der Waals surface area contributed by atoms with Crippen molar-refractivity contribution in [2.45, 2.75) is 24.9 Å². The average Bonchev–Trinajstić information content (AvgIpc) is 2.39. The van der Waals surface area contributed by atoms with Gasteiger partial charge in [0.25, 0.3) is 0 Å². The van der Waals surface area contributed by atoms with Crippen LogP contribution in [-0.4, -0.2) is 79.1 Å². The second-order valence-corrected chi connectivity index (χ2v) is 5.79. The van der Waals surface area contributed by atoms with Crippen molar-refractivity contribution in [3.05, 3.63) is 0 Å². The highest BCUT2D eigenvalue weighted by atomic mass is 16.5. The average molecular weight is 270 g/mol. The predicted octanol–water partition coefficient (Wildman–Crippen LogP) is 0.476. The molecule has 1 N–H and O–H groups in total. The quantitative estimate of drug-likeness (QED) is 0.790. The van der Waals surface area contributed by atoms with Gasteiger partial charge in [-0.05, 0) is 18.8 Å². The van der Waals surface area contributed by atoms with Gasteiger partial charge in [0.1, 0.15) is 0 Å². The molecule has 2 unspecified atom stereocenters. The van der Waals surface area contributed by atoms with Crippen molar-refractivity contribution in [2.24, 2.45) is 5.92 Å². The van der Waals surface area contributed by atoms with Crippen molar-refractivity contribution in [3.8, 4) is 0 Å². The highest BCUT2D eigenvalue weighted by molar-refractivity contribution is 5.65. The first-order chi connectivity index (χ1) is 9.24. The first-order valence-corrected chi connectivity index (χ1v) is 7.13. The Hall–Kier alpha value is -0.850. The van der Waals surface area contributed by atoms with Gasteiger partial charge in [-0.3, -0.25) is 4.90 Å². The number of morpholine rings is 1. The number of carboxylic acid groups (broad SMARTS) is 1. The standard InChI is InChI=1S/C13H22N2O4/c16-13(17)14-6-11-8-19-9-12(7-14)15(11)5-10-1-3-18-4-2-10/h10-12H,1-9H2,(H,16,17). The van der Waals surface area contributed by atoms with Crippen LogP contribution in [0.15, 0.2) is 0 Å². The fourth-order valence-corrected chi connectivity index (χ4v) is 3.41. The topological polar surface area (TPSA) is 62.2 Å². The van der Waals surface area contributed by atoms with E-state index in [2.05, 4.69) is 4.90 Å². The molecule has 3 aliphatic heterocycles. The van der Waals surface area contributed by atoms with Gasteiger partial charge in [-0.15, -0.1) is 0 Å². The van der Waals surface area contributed by atoms with Crippen molar-refractivity contribution in [2.75, 3.05) is 46.1 Å². The Morgan fingerprint density at radius 2 is 1.74 bits per heavy atom. The minimum absolute atomic E-state index is 0.228. The van der Waals surface area contributed by atoms with Crippen LogP contribution in [-0.2, 0) is 9.47 Å². The molecular formula is C13H22N2O4. The fraction of sp³-hybridized carbons (Fsp3) is 0.923. The van der Waals surface area contributed by atoms with Crippen LogP contribution < -0.4 is 0 Å². The van der Waals surface area contributed by atoms with E-state index < -0.39 is 6.09 Å². The number of hydrogen-bond acceptors (Lipinski definition) is 4. The summed E-state index contributed by atoms with van der Waals surface area (Å²) in [5.41, 5.74) is 0. The third-order valence-corrected chi connectivity index (χ3v) is 4.50. The zero-order valence-corrected chi connectivity index (χ0v) is 11.2. The minimum Gasteiger partial charge on any atom is -0.465 e. The lowest BCUT2D eigenvalue weighted by Gasteiger charge is -2.50. The summed E-state index contributed by atoms with van der Waals surface area (Å²) in [6, 6.07) is 0.456. The van der Waals surface area contributed by atoms with Crippen LogP contribution in [0.1, 0.15) is 12.8 Å². The molecule has 19 heavy (non-hydrogen) atoms. The number of fused-ring (bicyclic) bond motifs is 2. The van der Waals surface area contributed by atoms with Gasteiger partial charge in [-0.1, -0.05) is 0 Å². The lowest BCUT2D eigenvalue weighted by molar-refractivity contribution is -0.101. The van der Waals surface area contributed by atoms with E-state index in [0.717, 1.165) is 32.6 Å². The third-order valence-electron chi connectivity index (χ3n) is 4.50. The molecule has 3 saturated heterocycles. The van der Waals surface area contributed by atoms with Crippen LogP contribution in [0.5, 0.6) is 0 Å². The highest BCUT2D eigenvalue weighted by Gasteiger charge is 2.40. The van der Waals surface area contributed by atoms with Gasteiger partial charge in [0.2, 0.25) is 0 Å². The van der Waals surface area contributed by atoms with Gasteiger partial charge >= 0.3 is 6.09 Å². The van der Waals surface area contributed by atoms with E-state index in [-0.39, 0.29) is 12.1 Å². The van der Waals surface area contributed by atoms with Crippen molar-refractivity contribution in [1.29, 1.82) is 0 Å². The van der Waals surface area contributed by atoms with Gasteiger partial charge in [-0.2, -0.15) is 0 Å². The molecule has 0 saturated carbocycles. The number of ether oxygens (including phenoxy) is 2. The molecule has 2 bridgehead atoms. The summed E-state index contributed by atoms with van der Waals surface area (Å²) in [4.78, 5) is 15.2. The Balaban J connectivity index is 1.63. The molecule has 0 aliphatic carbocycles. The largest absolute Gasteiger partial charge is 0.465 e. The van der Waals surface area contributed by atoms with Crippen molar-refractivity contribution >= 4 is 6.09 Å². The molecule has 6 heteroatoms. The number of rotatable bonds is 2. The van der Waals surface area contributed by atoms with Crippen molar-refractivity contribution < 1.29 is 19.4 Å². The number of amides is 1. The van der Waals surface area contributed by atoms with E-state index in [9.17, 15) is 4.79 Å². The van der Waals surface area contributed by atoms with Crippen LogP contribution in [0, 0.1) is 5.92 Å². The van der Waals surface area contributed by atoms with E-state index in [0.29, 0.717) is 32.2 Å². The van der Waals surface area contributed by atoms with E-state index >= 15 is 0 Å². The molecule has 3 rings (SSSR count). The van der Waals surface area contributed by atoms with Gasteiger partial charge in [-0.25, -0.2) is 4.79 Å². The first-order valence-electron chi connectivity index (χ1n) is 7.13. The Morgan fingerprint density at radius 3 is 2.32 bits per heavy atom. The van der Waals surface area contributed by atoms with Crippen LogP contribution in [0.3, 0.4) is 0 Å². The van der Waals surface area contributed by atoms with E-state index in [4.69, 9.17) is 14.6 Å². The van der Waals surface area contributed by atoms with E-state index in [1.165, 1.54) is 0 Å². The number of nitrogens with zero attached hydrogens (tertiary/aromatic N) is 2. The molecule has 3 fully saturated rings. The molecule has 6 nitrogen and oxygen atoms in total. The SMILES string of the molecule is O=C(O)N1CC2COCC(C1)N2CC1CCOCC1. The second-order valence-electron chi connectivity index (χ2n) is 5.79. The van der Waals surface area contributed by atoms with Gasteiger partial charge in [0, 0.05) is 32.8 Å². The molecule has 1 amide bonds. The van der Waals surface area contributed by atoms with Crippen LogP contribution in [0.2, 0.25) is 0 Å². The molecule has 3 heterocycles. The van der Waals surface area contributed by atoms with E-state index in [1.54, 1.807) is 4.90 Å². The number of hydrogen-bond donors (Lipinski definition) is 1. The molecule has 0 aromatic carbocycles.